The van der Waals surface area contributed by atoms with Crippen molar-refractivity contribution in [2.75, 3.05) is 0 Å². The Morgan fingerprint density at radius 2 is 2.31 bits per heavy atom. The molecule has 1 N–H and O–H groups in total. The largest absolute Gasteiger partial charge is 0.508 e. The van der Waals surface area contributed by atoms with Crippen molar-refractivity contribution >= 4 is 15.9 Å². The summed E-state index contributed by atoms with van der Waals surface area (Å²) in [6.45, 7) is 2.21. The van der Waals surface area contributed by atoms with Gasteiger partial charge in [-0.2, -0.15) is 0 Å². The van der Waals surface area contributed by atoms with Crippen molar-refractivity contribution in [3.8, 4) is 0 Å². The van der Waals surface area contributed by atoms with Gasteiger partial charge in [0.1, 0.15) is 5.76 Å². The third kappa shape index (κ3) is 3.55. The monoisotopic (exact) mass is 244 g/mol. The van der Waals surface area contributed by atoms with Gasteiger partial charge in [0.15, 0.2) is 0 Å². The fraction of sp³-hybridized carbons (Fsp3) is 0.636. The standard InChI is InChI=1S/C11H17BrO/c1-2-3-4-7-11(12)8-5-10(13)6-9-11/h5-6,8,13H,2-4,7,9H2,1H3. The Kier molecular flexibility index (Phi) is 4.04. The molecule has 0 bridgehead atoms. The molecule has 0 spiro atoms. The molecule has 1 nitrogen and oxygen atoms in total. The van der Waals surface area contributed by atoms with Crippen molar-refractivity contribution in [3.63, 3.8) is 0 Å². The molecule has 13 heavy (non-hydrogen) atoms. The van der Waals surface area contributed by atoms with Crippen molar-refractivity contribution in [1.82, 2.24) is 0 Å². The van der Waals surface area contributed by atoms with Gasteiger partial charge in [-0.05, 0) is 25.0 Å². The van der Waals surface area contributed by atoms with Crippen LogP contribution in [-0.4, -0.2) is 9.43 Å². The highest BCUT2D eigenvalue weighted by Crippen LogP contribution is 2.34. The zero-order valence-corrected chi connectivity index (χ0v) is 9.68. The van der Waals surface area contributed by atoms with Crippen LogP contribution in [0.3, 0.4) is 0 Å². The van der Waals surface area contributed by atoms with Gasteiger partial charge in [-0.15, -0.1) is 0 Å². The molecular weight excluding hydrogens is 228 g/mol. The van der Waals surface area contributed by atoms with E-state index >= 15 is 0 Å². The molecule has 1 rings (SSSR count). The van der Waals surface area contributed by atoms with Crippen molar-refractivity contribution in [2.24, 2.45) is 0 Å². The molecule has 0 aromatic carbocycles. The number of unbranched alkanes of at least 4 members (excludes halogenated alkanes) is 2. The van der Waals surface area contributed by atoms with Crippen LogP contribution in [0.2, 0.25) is 0 Å². The number of halogens is 1. The SMILES string of the molecule is CCCCCC1(Br)C=CC(O)=CC1. The Morgan fingerprint density at radius 1 is 1.54 bits per heavy atom. The third-order valence-electron chi connectivity index (χ3n) is 2.40. The molecule has 0 saturated heterocycles. The number of aliphatic hydroxyl groups excluding tert-OH is 1. The van der Waals surface area contributed by atoms with Crippen LogP contribution in [0.5, 0.6) is 0 Å². The van der Waals surface area contributed by atoms with E-state index in [1.54, 1.807) is 6.08 Å². The molecule has 2 heteroatoms. The summed E-state index contributed by atoms with van der Waals surface area (Å²) >= 11 is 3.71. The van der Waals surface area contributed by atoms with Crippen LogP contribution in [0.4, 0.5) is 0 Å². The average Bonchev–Trinajstić information content (AvgIpc) is 2.12. The second kappa shape index (κ2) is 4.85. The van der Waals surface area contributed by atoms with E-state index in [0.29, 0.717) is 5.76 Å². The molecule has 0 fully saturated rings. The Morgan fingerprint density at radius 3 is 2.85 bits per heavy atom. The normalized spacial score (nSPS) is 27.4. The molecule has 0 heterocycles. The highest BCUT2D eigenvalue weighted by Gasteiger charge is 2.23. The molecule has 0 aliphatic heterocycles. The fourth-order valence-electron chi connectivity index (χ4n) is 1.50. The van der Waals surface area contributed by atoms with Gasteiger partial charge in [0.05, 0.1) is 0 Å². The lowest BCUT2D eigenvalue weighted by atomic mass is 9.94. The molecule has 0 amide bonds. The summed E-state index contributed by atoms with van der Waals surface area (Å²) in [5, 5.41) is 9.17. The van der Waals surface area contributed by atoms with Gasteiger partial charge in [-0.25, -0.2) is 0 Å². The van der Waals surface area contributed by atoms with Crippen LogP contribution in [0.15, 0.2) is 24.0 Å². The van der Waals surface area contributed by atoms with Crippen LogP contribution >= 0.6 is 15.9 Å². The van der Waals surface area contributed by atoms with E-state index in [4.69, 9.17) is 5.11 Å². The first-order valence-corrected chi connectivity index (χ1v) is 5.73. The zero-order valence-electron chi connectivity index (χ0n) is 8.09. The number of allylic oxidation sites excluding steroid dienone is 3. The van der Waals surface area contributed by atoms with E-state index < -0.39 is 0 Å². The van der Waals surface area contributed by atoms with Gasteiger partial charge in [-0.3, -0.25) is 0 Å². The van der Waals surface area contributed by atoms with Crippen molar-refractivity contribution in [1.29, 1.82) is 0 Å². The summed E-state index contributed by atoms with van der Waals surface area (Å²) in [5.74, 6) is 0.394. The predicted octanol–water partition coefficient (Wildman–Crippen LogP) is 4.10. The molecule has 0 aromatic rings. The maximum atomic E-state index is 9.17. The first-order chi connectivity index (χ1) is 6.16. The Bertz CT molecular complexity index is 220. The minimum Gasteiger partial charge on any atom is -0.508 e. The van der Waals surface area contributed by atoms with Gasteiger partial charge in [0.25, 0.3) is 0 Å². The third-order valence-corrected chi connectivity index (χ3v) is 3.38. The molecule has 1 atom stereocenters. The summed E-state index contributed by atoms with van der Waals surface area (Å²) in [4.78, 5) is 0. The van der Waals surface area contributed by atoms with Crippen molar-refractivity contribution in [3.05, 3.63) is 24.0 Å². The summed E-state index contributed by atoms with van der Waals surface area (Å²) < 4.78 is 0.106. The van der Waals surface area contributed by atoms with Gasteiger partial charge in [0, 0.05) is 4.32 Å². The quantitative estimate of drug-likeness (QED) is 0.584. The minimum absolute atomic E-state index is 0.106. The molecule has 1 aliphatic carbocycles. The molecular formula is C11H17BrO. The van der Waals surface area contributed by atoms with Crippen LogP contribution in [0, 0.1) is 0 Å². The Hall–Kier alpha value is -0.240. The molecule has 74 valence electrons. The Balaban J connectivity index is 2.37. The lowest BCUT2D eigenvalue weighted by Crippen LogP contribution is -2.18. The van der Waals surface area contributed by atoms with Crippen LogP contribution < -0.4 is 0 Å². The van der Waals surface area contributed by atoms with E-state index in [-0.39, 0.29) is 4.32 Å². The maximum absolute atomic E-state index is 9.17. The second-order valence-electron chi connectivity index (χ2n) is 3.66. The fourth-order valence-corrected chi connectivity index (χ4v) is 2.07. The van der Waals surface area contributed by atoms with E-state index in [0.717, 1.165) is 12.8 Å². The smallest absolute Gasteiger partial charge is 0.111 e. The van der Waals surface area contributed by atoms with Gasteiger partial charge >= 0.3 is 0 Å². The summed E-state index contributed by atoms with van der Waals surface area (Å²) in [6, 6.07) is 0. The zero-order chi connectivity index (χ0) is 9.73. The highest BCUT2D eigenvalue weighted by molar-refractivity contribution is 9.10. The molecule has 0 radical (unpaired) electrons. The topological polar surface area (TPSA) is 20.2 Å². The van der Waals surface area contributed by atoms with Crippen molar-refractivity contribution < 1.29 is 5.11 Å². The van der Waals surface area contributed by atoms with Crippen LogP contribution in [0.25, 0.3) is 0 Å². The molecule has 0 aromatic heterocycles. The van der Waals surface area contributed by atoms with E-state index in [9.17, 15) is 0 Å². The van der Waals surface area contributed by atoms with Crippen LogP contribution in [0.1, 0.15) is 39.0 Å². The molecule has 1 aliphatic rings. The van der Waals surface area contributed by atoms with Gasteiger partial charge in [-0.1, -0.05) is 48.2 Å². The molecule has 0 saturated carbocycles. The summed E-state index contributed by atoms with van der Waals surface area (Å²) in [7, 11) is 0. The number of aliphatic hydroxyl groups is 1. The second-order valence-corrected chi connectivity index (χ2v) is 5.24. The van der Waals surface area contributed by atoms with E-state index in [1.807, 2.05) is 6.08 Å². The van der Waals surface area contributed by atoms with E-state index in [2.05, 4.69) is 28.9 Å². The van der Waals surface area contributed by atoms with Crippen LogP contribution in [-0.2, 0) is 0 Å². The first-order valence-electron chi connectivity index (χ1n) is 4.93. The number of hydrogen-bond donors (Lipinski definition) is 1. The first kappa shape index (κ1) is 10.8. The van der Waals surface area contributed by atoms with E-state index in [1.165, 1.54) is 19.3 Å². The Labute approximate surface area is 88.7 Å². The molecule has 1 unspecified atom stereocenters. The number of rotatable bonds is 4. The lowest BCUT2D eigenvalue weighted by molar-refractivity contribution is 0.421. The summed E-state index contributed by atoms with van der Waals surface area (Å²) in [5.41, 5.74) is 0. The number of alkyl halides is 1. The van der Waals surface area contributed by atoms with Gasteiger partial charge in [0.2, 0.25) is 0 Å². The summed E-state index contributed by atoms with van der Waals surface area (Å²) in [6.07, 6.45) is 11.6. The number of hydrogen-bond acceptors (Lipinski definition) is 1. The maximum Gasteiger partial charge on any atom is 0.111 e. The van der Waals surface area contributed by atoms with Crippen molar-refractivity contribution in [2.45, 2.75) is 43.4 Å². The average molecular weight is 245 g/mol. The van der Waals surface area contributed by atoms with Gasteiger partial charge < -0.3 is 5.11 Å². The highest BCUT2D eigenvalue weighted by atomic mass is 79.9. The minimum atomic E-state index is 0.106. The predicted molar refractivity (Wildman–Crippen MR) is 60.3 cm³/mol. The lowest BCUT2D eigenvalue weighted by Gasteiger charge is -2.24.